The number of nitrogens with two attached hydrogens (primary N) is 1. The van der Waals surface area contributed by atoms with Gasteiger partial charge in [-0.25, -0.2) is 0 Å². The SMILES string of the molecule is NCCCCCC(=O)NCC(O)C1CC1. The summed E-state index contributed by atoms with van der Waals surface area (Å²) < 4.78 is 0. The van der Waals surface area contributed by atoms with Gasteiger partial charge in [0.25, 0.3) is 0 Å². The van der Waals surface area contributed by atoms with Crippen LogP contribution < -0.4 is 11.1 Å². The van der Waals surface area contributed by atoms with Crippen LogP contribution in [-0.2, 0) is 4.79 Å². The monoisotopic (exact) mass is 214 g/mol. The molecule has 4 heteroatoms. The van der Waals surface area contributed by atoms with Gasteiger partial charge in [-0.2, -0.15) is 0 Å². The molecule has 1 rings (SSSR count). The van der Waals surface area contributed by atoms with Crippen LogP contribution in [0.3, 0.4) is 0 Å². The Morgan fingerprint density at radius 3 is 2.73 bits per heavy atom. The predicted octanol–water partition coefficient (Wildman–Crippen LogP) is 0.393. The maximum Gasteiger partial charge on any atom is 0.220 e. The van der Waals surface area contributed by atoms with Gasteiger partial charge in [-0.05, 0) is 38.1 Å². The number of carbonyl (C=O) groups is 1. The fourth-order valence-corrected chi connectivity index (χ4v) is 1.56. The predicted molar refractivity (Wildman–Crippen MR) is 59.3 cm³/mol. The van der Waals surface area contributed by atoms with E-state index in [4.69, 9.17) is 5.73 Å². The summed E-state index contributed by atoms with van der Waals surface area (Å²) in [5.41, 5.74) is 5.35. The van der Waals surface area contributed by atoms with Crippen LogP contribution >= 0.6 is 0 Å². The highest BCUT2D eigenvalue weighted by atomic mass is 16.3. The molecule has 0 radical (unpaired) electrons. The van der Waals surface area contributed by atoms with Gasteiger partial charge in [-0.15, -0.1) is 0 Å². The van der Waals surface area contributed by atoms with Gasteiger partial charge in [0.05, 0.1) is 6.10 Å². The quantitative estimate of drug-likeness (QED) is 0.512. The zero-order valence-electron chi connectivity index (χ0n) is 9.24. The molecule has 0 spiro atoms. The molecule has 0 bridgehead atoms. The topological polar surface area (TPSA) is 75.4 Å². The summed E-state index contributed by atoms with van der Waals surface area (Å²) in [6.45, 7) is 1.11. The Morgan fingerprint density at radius 2 is 2.13 bits per heavy atom. The number of hydrogen-bond acceptors (Lipinski definition) is 3. The van der Waals surface area contributed by atoms with Crippen molar-refractivity contribution in [1.29, 1.82) is 0 Å². The summed E-state index contributed by atoms with van der Waals surface area (Å²) >= 11 is 0. The summed E-state index contributed by atoms with van der Waals surface area (Å²) in [5, 5.41) is 12.3. The van der Waals surface area contributed by atoms with Crippen molar-refractivity contribution < 1.29 is 9.90 Å². The van der Waals surface area contributed by atoms with Crippen LogP contribution in [0.25, 0.3) is 0 Å². The minimum Gasteiger partial charge on any atom is -0.391 e. The lowest BCUT2D eigenvalue weighted by Gasteiger charge is -2.10. The van der Waals surface area contributed by atoms with Crippen molar-refractivity contribution in [3.05, 3.63) is 0 Å². The van der Waals surface area contributed by atoms with Crippen molar-refractivity contribution in [3.63, 3.8) is 0 Å². The molecule has 0 aliphatic heterocycles. The second-order valence-corrected chi connectivity index (χ2v) is 4.31. The Hall–Kier alpha value is -0.610. The smallest absolute Gasteiger partial charge is 0.220 e. The molecule has 1 aliphatic rings. The Kier molecular flexibility index (Phi) is 5.65. The maximum absolute atomic E-state index is 11.3. The fourth-order valence-electron chi connectivity index (χ4n) is 1.56. The largest absolute Gasteiger partial charge is 0.391 e. The fraction of sp³-hybridized carbons (Fsp3) is 0.909. The Balaban J connectivity index is 1.93. The molecule has 1 aliphatic carbocycles. The van der Waals surface area contributed by atoms with Crippen LogP contribution in [0.15, 0.2) is 0 Å². The molecule has 0 saturated heterocycles. The van der Waals surface area contributed by atoms with Crippen molar-refractivity contribution in [2.75, 3.05) is 13.1 Å². The van der Waals surface area contributed by atoms with E-state index in [1.807, 2.05) is 0 Å². The molecule has 15 heavy (non-hydrogen) atoms. The van der Waals surface area contributed by atoms with Crippen molar-refractivity contribution >= 4 is 5.91 Å². The van der Waals surface area contributed by atoms with E-state index in [0.29, 0.717) is 25.4 Å². The molecular weight excluding hydrogens is 192 g/mol. The Morgan fingerprint density at radius 1 is 1.40 bits per heavy atom. The van der Waals surface area contributed by atoms with E-state index in [2.05, 4.69) is 5.32 Å². The van der Waals surface area contributed by atoms with E-state index in [9.17, 15) is 9.90 Å². The first kappa shape index (κ1) is 12.5. The summed E-state index contributed by atoms with van der Waals surface area (Å²) in [6, 6.07) is 0. The molecule has 1 unspecified atom stereocenters. The summed E-state index contributed by atoms with van der Waals surface area (Å²) in [4.78, 5) is 11.3. The van der Waals surface area contributed by atoms with Gasteiger partial charge in [-0.1, -0.05) is 6.42 Å². The van der Waals surface area contributed by atoms with Gasteiger partial charge in [-0.3, -0.25) is 4.79 Å². The van der Waals surface area contributed by atoms with E-state index < -0.39 is 0 Å². The zero-order valence-corrected chi connectivity index (χ0v) is 9.24. The van der Waals surface area contributed by atoms with Crippen molar-refractivity contribution in [2.45, 2.75) is 44.6 Å². The van der Waals surface area contributed by atoms with E-state index in [1.54, 1.807) is 0 Å². The lowest BCUT2D eigenvalue weighted by molar-refractivity contribution is -0.121. The third-order valence-electron chi connectivity index (χ3n) is 2.78. The van der Waals surface area contributed by atoms with Crippen molar-refractivity contribution in [2.24, 2.45) is 11.7 Å². The van der Waals surface area contributed by atoms with Gasteiger partial charge >= 0.3 is 0 Å². The molecule has 4 nitrogen and oxygen atoms in total. The zero-order chi connectivity index (χ0) is 11.1. The van der Waals surface area contributed by atoms with Gasteiger partial charge in [0.2, 0.25) is 5.91 Å². The molecule has 1 fully saturated rings. The highest BCUT2D eigenvalue weighted by Gasteiger charge is 2.29. The summed E-state index contributed by atoms with van der Waals surface area (Å²) in [5.74, 6) is 0.481. The van der Waals surface area contributed by atoms with Crippen LogP contribution in [0.1, 0.15) is 38.5 Å². The second-order valence-electron chi connectivity index (χ2n) is 4.31. The molecule has 1 saturated carbocycles. The number of carbonyl (C=O) groups excluding carboxylic acids is 1. The maximum atomic E-state index is 11.3. The molecule has 0 heterocycles. The minimum absolute atomic E-state index is 0.0479. The number of aliphatic hydroxyl groups is 1. The number of hydrogen-bond donors (Lipinski definition) is 3. The van der Waals surface area contributed by atoms with E-state index >= 15 is 0 Å². The number of aliphatic hydroxyl groups excluding tert-OH is 1. The average molecular weight is 214 g/mol. The van der Waals surface area contributed by atoms with Crippen molar-refractivity contribution in [1.82, 2.24) is 5.32 Å². The molecule has 1 atom stereocenters. The molecule has 0 aromatic heterocycles. The lowest BCUT2D eigenvalue weighted by Crippen LogP contribution is -2.32. The third-order valence-corrected chi connectivity index (χ3v) is 2.78. The number of rotatable bonds is 8. The number of unbranched alkanes of at least 4 members (excludes halogenated alkanes) is 2. The summed E-state index contributed by atoms with van der Waals surface area (Å²) in [7, 11) is 0. The Labute approximate surface area is 91.2 Å². The van der Waals surface area contributed by atoms with Crippen LogP contribution in [0.5, 0.6) is 0 Å². The molecule has 4 N–H and O–H groups in total. The molecule has 0 aromatic rings. The van der Waals surface area contributed by atoms with Crippen LogP contribution in [0, 0.1) is 5.92 Å². The normalized spacial score (nSPS) is 17.5. The number of nitrogens with one attached hydrogen (secondary N) is 1. The molecule has 0 aromatic carbocycles. The van der Waals surface area contributed by atoms with E-state index in [1.165, 1.54) is 0 Å². The number of amides is 1. The van der Waals surface area contributed by atoms with Gasteiger partial charge in [0.1, 0.15) is 0 Å². The van der Waals surface area contributed by atoms with Crippen molar-refractivity contribution in [3.8, 4) is 0 Å². The third kappa shape index (κ3) is 5.74. The Bertz CT molecular complexity index is 193. The highest BCUT2D eigenvalue weighted by Crippen LogP contribution is 2.32. The van der Waals surface area contributed by atoms with Crippen LogP contribution in [-0.4, -0.2) is 30.2 Å². The van der Waals surface area contributed by atoms with E-state index in [0.717, 1.165) is 32.1 Å². The standard InChI is InChI=1S/C11H22N2O2/c12-7-3-1-2-4-11(15)13-8-10(14)9-5-6-9/h9-10,14H,1-8,12H2,(H,13,15). The first-order valence-electron chi connectivity index (χ1n) is 5.89. The van der Waals surface area contributed by atoms with Gasteiger partial charge in [0, 0.05) is 13.0 Å². The summed E-state index contributed by atoms with van der Waals surface area (Å²) in [6.07, 6.45) is 5.31. The minimum atomic E-state index is -0.335. The first-order valence-corrected chi connectivity index (χ1v) is 5.89. The molecule has 88 valence electrons. The molecule has 1 amide bonds. The van der Waals surface area contributed by atoms with Crippen LogP contribution in [0.4, 0.5) is 0 Å². The lowest BCUT2D eigenvalue weighted by atomic mass is 10.2. The van der Waals surface area contributed by atoms with E-state index in [-0.39, 0.29) is 12.0 Å². The highest BCUT2D eigenvalue weighted by molar-refractivity contribution is 5.75. The molecular formula is C11H22N2O2. The first-order chi connectivity index (χ1) is 7.24. The van der Waals surface area contributed by atoms with Crippen LogP contribution in [0.2, 0.25) is 0 Å². The average Bonchev–Trinajstić information content (AvgIpc) is 3.04. The second kappa shape index (κ2) is 6.80. The van der Waals surface area contributed by atoms with Gasteiger partial charge < -0.3 is 16.2 Å². The van der Waals surface area contributed by atoms with Gasteiger partial charge in [0.15, 0.2) is 0 Å².